The van der Waals surface area contributed by atoms with Crippen LogP contribution in [-0.2, 0) is 22.5 Å². The fraction of sp³-hybridized carbons (Fsp3) is 0.435. The number of rotatable bonds is 6. The van der Waals surface area contributed by atoms with Crippen LogP contribution in [0.15, 0.2) is 12.1 Å². The number of esters is 1. The molecule has 32 heavy (non-hydrogen) atoms. The highest BCUT2D eigenvalue weighted by Crippen LogP contribution is 2.55. The van der Waals surface area contributed by atoms with Gasteiger partial charge in [0.25, 0.3) is 0 Å². The molecule has 4 rings (SSSR count). The van der Waals surface area contributed by atoms with Gasteiger partial charge in [-0.1, -0.05) is 6.07 Å². The van der Waals surface area contributed by atoms with Crippen LogP contribution in [0.4, 0.5) is 0 Å². The number of nitrogens with zero attached hydrogens (tertiary/aromatic N) is 1. The number of fused-ring (bicyclic) bond motifs is 2. The molecule has 0 saturated carbocycles. The van der Waals surface area contributed by atoms with Crippen LogP contribution < -0.4 is 14.2 Å². The van der Waals surface area contributed by atoms with Crippen molar-refractivity contribution in [2.75, 3.05) is 42.0 Å². The molecule has 2 aromatic rings. The van der Waals surface area contributed by atoms with Gasteiger partial charge in [-0.2, -0.15) is 0 Å². The summed E-state index contributed by atoms with van der Waals surface area (Å²) in [4.78, 5) is 15.0. The molecule has 2 N–H and O–H groups in total. The van der Waals surface area contributed by atoms with Crippen molar-refractivity contribution in [3.63, 3.8) is 0 Å². The zero-order chi connectivity index (χ0) is 23.2. The minimum Gasteiger partial charge on any atom is -0.504 e. The fourth-order valence-electron chi connectivity index (χ4n) is 4.82. The first-order chi connectivity index (χ1) is 15.4. The second kappa shape index (κ2) is 8.40. The molecule has 9 nitrogen and oxygen atoms in total. The van der Waals surface area contributed by atoms with Gasteiger partial charge in [0.05, 0.1) is 34.0 Å². The van der Waals surface area contributed by atoms with Crippen molar-refractivity contribution in [2.45, 2.75) is 25.2 Å². The van der Waals surface area contributed by atoms with Crippen LogP contribution in [0.5, 0.6) is 28.7 Å². The van der Waals surface area contributed by atoms with Crippen LogP contribution in [0.1, 0.15) is 44.8 Å². The normalized spacial score (nSPS) is 19.8. The minimum atomic E-state index is -0.686. The summed E-state index contributed by atoms with van der Waals surface area (Å²) in [6.07, 6.45) is -0.0837. The van der Waals surface area contributed by atoms with Crippen LogP contribution in [0.2, 0.25) is 0 Å². The van der Waals surface area contributed by atoms with Crippen LogP contribution in [-0.4, -0.2) is 63.1 Å². The van der Waals surface area contributed by atoms with Gasteiger partial charge in [-0.15, -0.1) is 0 Å². The van der Waals surface area contributed by atoms with Crippen LogP contribution >= 0.6 is 0 Å². The van der Waals surface area contributed by atoms with Gasteiger partial charge in [0.15, 0.2) is 23.0 Å². The quantitative estimate of drug-likeness (QED) is 0.513. The molecule has 0 fully saturated rings. The number of hydrogen-bond acceptors (Lipinski definition) is 9. The van der Waals surface area contributed by atoms with E-state index in [0.717, 1.165) is 5.56 Å². The summed E-state index contributed by atoms with van der Waals surface area (Å²) in [5, 5.41) is 21.3. The van der Waals surface area contributed by atoms with E-state index in [1.807, 2.05) is 11.9 Å². The van der Waals surface area contributed by atoms with Crippen molar-refractivity contribution in [3.8, 4) is 28.7 Å². The largest absolute Gasteiger partial charge is 0.504 e. The first-order valence-electron chi connectivity index (χ1n) is 10.2. The van der Waals surface area contributed by atoms with E-state index in [1.165, 1.54) is 28.4 Å². The molecule has 9 heteroatoms. The van der Waals surface area contributed by atoms with Gasteiger partial charge in [-0.25, -0.2) is 4.79 Å². The second-order valence-electron chi connectivity index (χ2n) is 7.80. The summed E-state index contributed by atoms with van der Waals surface area (Å²) in [7, 11) is 7.85. The molecule has 2 heterocycles. The number of hydrogen-bond donors (Lipinski definition) is 2. The number of aromatic hydroxyl groups is 2. The molecule has 0 spiro atoms. The first-order valence-corrected chi connectivity index (χ1v) is 10.2. The average molecular weight is 445 g/mol. The smallest absolute Gasteiger partial charge is 0.343 e. The number of phenolic OH excluding ortho intramolecular Hbond substituents is 2. The maximum absolute atomic E-state index is 12.9. The highest BCUT2D eigenvalue weighted by molar-refractivity contribution is 5.98. The molecular formula is C23H27NO8. The fourth-order valence-corrected chi connectivity index (χ4v) is 4.82. The molecule has 2 aromatic carbocycles. The maximum Gasteiger partial charge on any atom is 0.343 e. The van der Waals surface area contributed by atoms with Gasteiger partial charge in [0, 0.05) is 30.3 Å². The van der Waals surface area contributed by atoms with Gasteiger partial charge in [0.1, 0.15) is 11.7 Å². The lowest BCUT2D eigenvalue weighted by Crippen LogP contribution is -2.37. The Morgan fingerprint density at radius 1 is 1.06 bits per heavy atom. The number of carbonyl (C=O) groups is 1. The number of carbonyl (C=O) groups excluding carboxylic acids is 1. The third kappa shape index (κ3) is 3.11. The zero-order valence-electron chi connectivity index (χ0n) is 18.7. The predicted octanol–water partition coefficient (Wildman–Crippen LogP) is 2.71. The predicted molar refractivity (Wildman–Crippen MR) is 114 cm³/mol. The lowest BCUT2D eigenvalue weighted by molar-refractivity contribution is 0.00852. The minimum absolute atomic E-state index is 0.119. The second-order valence-corrected chi connectivity index (χ2v) is 7.80. The Hall–Kier alpha value is -3.17. The summed E-state index contributed by atoms with van der Waals surface area (Å²) < 4.78 is 27.5. The molecule has 172 valence electrons. The maximum atomic E-state index is 12.9. The topological polar surface area (TPSA) is 107 Å². The van der Waals surface area contributed by atoms with Crippen molar-refractivity contribution >= 4 is 5.97 Å². The molecule has 2 atom stereocenters. The summed E-state index contributed by atoms with van der Waals surface area (Å²) in [5.41, 5.74) is 2.93. The lowest BCUT2D eigenvalue weighted by Gasteiger charge is -2.39. The SMILES string of the molecule is COCc1c(O)c(O)c(OC)c2c1CCN(C)C2C1OC(=O)c2c1ccc(OC)c2OC. The first kappa shape index (κ1) is 22.0. The Kier molecular flexibility index (Phi) is 5.79. The number of ether oxygens (including phenoxy) is 5. The lowest BCUT2D eigenvalue weighted by atomic mass is 9.83. The molecule has 0 amide bonds. The molecule has 2 unspecified atom stereocenters. The molecule has 0 aliphatic carbocycles. The van der Waals surface area contributed by atoms with E-state index in [4.69, 9.17) is 23.7 Å². The van der Waals surface area contributed by atoms with E-state index in [2.05, 4.69) is 0 Å². The van der Waals surface area contributed by atoms with E-state index < -0.39 is 18.1 Å². The number of likely N-dealkylation sites (N-methyl/N-ethyl adjacent to an activating group) is 1. The van der Waals surface area contributed by atoms with Crippen molar-refractivity contribution in [2.24, 2.45) is 0 Å². The monoisotopic (exact) mass is 445 g/mol. The van der Waals surface area contributed by atoms with Crippen LogP contribution in [0.3, 0.4) is 0 Å². The van der Waals surface area contributed by atoms with Crippen LogP contribution in [0.25, 0.3) is 0 Å². The van der Waals surface area contributed by atoms with Gasteiger partial charge in [-0.05, 0) is 25.1 Å². The highest BCUT2D eigenvalue weighted by Gasteiger charge is 2.46. The molecule has 0 saturated heterocycles. The molecule has 2 aliphatic rings. The summed E-state index contributed by atoms with van der Waals surface area (Å²) in [6.45, 7) is 0.757. The molecule has 2 aliphatic heterocycles. The average Bonchev–Trinajstić information content (AvgIpc) is 3.12. The molecule has 0 bridgehead atoms. The third-order valence-corrected chi connectivity index (χ3v) is 6.25. The van der Waals surface area contributed by atoms with E-state index in [9.17, 15) is 15.0 Å². The third-order valence-electron chi connectivity index (χ3n) is 6.25. The van der Waals surface area contributed by atoms with Gasteiger partial charge in [-0.3, -0.25) is 4.90 Å². The Morgan fingerprint density at radius 3 is 2.41 bits per heavy atom. The number of cyclic esters (lactones) is 1. The number of phenols is 2. The van der Waals surface area contributed by atoms with Gasteiger partial charge < -0.3 is 33.9 Å². The Bertz CT molecular complexity index is 1070. The molecule has 0 aromatic heterocycles. The van der Waals surface area contributed by atoms with Crippen molar-refractivity contribution in [1.29, 1.82) is 0 Å². The number of methoxy groups -OCH3 is 4. The van der Waals surface area contributed by atoms with Crippen molar-refractivity contribution < 1.29 is 38.7 Å². The highest BCUT2D eigenvalue weighted by atomic mass is 16.6. The summed E-state index contributed by atoms with van der Waals surface area (Å²) in [5.74, 6) is -0.240. The standard InChI is InChI=1S/C23H27NO8/c1-24-9-8-11-13(10-28-2)18(25)19(26)22(31-5)15(11)17(24)20-12-6-7-14(29-3)21(30-4)16(12)23(27)32-20/h6-7,17,20,25-26H,8-10H2,1-5H3. The van der Waals surface area contributed by atoms with Gasteiger partial charge >= 0.3 is 5.97 Å². The summed E-state index contributed by atoms with van der Waals surface area (Å²) >= 11 is 0. The van der Waals surface area contributed by atoms with E-state index >= 15 is 0 Å². The molecular weight excluding hydrogens is 418 g/mol. The van der Waals surface area contributed by atoms with E-state index in [-0.39, 0.29) is 23.9 Å². The Morgan fingerprint density at radius 2 is 1.78 bits per heavy atom. The Labute approximate surface area is 186 Å². The van der Waals surface area contributed by atoms with E-state index in [0.29, 0.717) is 46.7 Å². The molecule has 0 radical (unpaired) electrons. The van der Waals surface area contributed by atoms with Crippen molar-refractivity contribution in [3.05, 3.63) is 39.9 Å². The Balaban J connectivity index is 1.95. The summed E-state index contributed by atoms with van der Waals surface area (Å²) in [6, 6.07) is 3.05. The zero-order valence-corrected chi connectivity index (χ0v) is 18.7. The van der Waals surface area contributed by atoms with Crippen LogP contribution in [0, 0.1) is 0 Å². The van der Waals surface area contributed by atoms with Gasteiger partial charge in [0.2, 0.25) is 5.75 Å². The number of benzene rings is 2. The van der Waals surface area contributed by atoms with Crippen molar-refractivity contribution in [1.82, 2.24) is 4.90 Å². The van der Waals surface area contributed by atoms with E-state index in [1.54, 1.807) is 12.1 Å².